The second-order valence-electron chi connectivity index (χ2n) is 8.27. The number of benzene rings is 4. The van der Waals surface area contributed by atoms with Crippen molar-refractivity contribution in [2.75, 3.05) is 16.8 Å². The molecule has 1 unspecified atom stereocenters. The number of fused-ring (bicyclic) bond motifs is 4. The van der Waals surface area contributed by atoms with Gasteiger partial charge in [0.25, 0.3) is 0 Å². The molecule has 0 N–H and O–H groups in total. The Morgan fingerprint density at radius 2 is 1.58 bits per heavy atom. The Morgan fingerprint density at radius 1 is 0.774 bits per heavy atom. The molecule has 4 aromatic carbocycles. The molecular formula is C29H24N2. The van der Waals surface area contributed by atoms with Crippen LogP contribution in [-0.2, 0) is 0 Å². The number of allylic oxidation sites excluding steroid dienone is 2. The van der Waals surface area contributed by atoms with Crippen LogP contribution in [0.15, 0.2) is 109 Å². The molecule has 0 aromatic heterocycles. The van der Waals surface area contributed by atoms with Crippen molar-refractivity contribution < 1.29 is 0 Å². The van der Waals surface area contributed by atoms with Crippen LogP contribution in [0.5, 0.6) is 0 Å². The van der Waals surface area contributed by atoms with Crippen LogP contribution in [0.1, 0.15) is 12.0 Å². The number of hydrogen-bond donors (Lipinski definition) is 0. The van der Waals surface area contributed by atoms with Gasteiger partial charge in [-0.05, 0) is 53.8 Å². The van der Waals surface area contributed by atoms with Crippen LogP contribution in [0.4, 0.5) is 22.7 Å². The summed E-state index contributed by atoms with van der Waals surface area (Å²) in [5, 5.41) is 2.59. The van der Waals surface area contributed by atoms with E-state index in [1.807, 2.05) is 0 Å². The fraction of sp³-hybridized carbons (Fsp3) is 0.103. The third-order valence-electron chi connectivity index (χ3n) is 6.55. The molecule has 1 aliphatic heterocycles. The van der Waals surface area contributed by atoms with E-state index in [2.05, 4.69) is 126 Å². The predicted octanol–water partition coefficient (Wildman–Crippen LogP) is 7.47. The molecule has 0 saturated heterocycles. The average Bonchev–Trinajstić information content (AvgIpc) is 3.17. The summed E-state index contributed by atoms with van der Waals surface area (Å²) in [6.45, 7) is 0. The van der Waals surface area contributed by atoms with E-state index in [1.54, 1.807) is 0 Å². The van der Waals surface area contributed by atoms with Gasteiger partial charge in [0, 0.05) is 40.7 Å². The van der Waals surface area contributed by atoms with Gasteiger partial charge in [-0.25, -0.2) is 0 Å². The fourth-order valence-corrected chi connectivity index (χ4v) is 4.99. The van der Waals surface area contributed by atoms with E-state index in [1.165, 1.54) is 44.7 Å². The summed E-state index contributed by atoms with van der Waals surface area (Å²) in [5.41, 5.74) is 7.73. The Balaban J connectivity index is 1.51. The van der Waals surface area contributed by atoms with Crippen LogP contribution in [0.3, 0.4) is 0 Å². The lowest BCUT2D eigenvalue weighted by Crippen LogP contribution is -2.27. The molecule has 2 nitrogen and oxygen atoms in total. The fourth-order valence-electron chi connectivity index (χ4n) is 4.99. The van der Waals surface area contributed by atoms with E-state index < -0.39 is 0 Å². The Morgan fingerprint density at radius 3 is 2.48 bits per heavy atom. The zero-order valence-electron chi connectivity index (χ0n) is 17.6. The van der Waals surface area contributed by atoms with Crippen molar-refractivity contribution in [2.24, 2.45) is 0 Å². The lowest BCUT2D eigenvalue weighted by Gasteiger charge is -2.29. The normalized spacial score (nSPS) is 16.7. The van der Waals surface area contributed by atoms with Crippen molar-refractivity contribution in [2.45, 2.75) is 12.5 Å². The number of nitrogens with zero attached hydrogens (tertiary/aromatic N) is 2. The smallest absolute Gasteiger partial charge is 0.0633 e. The van der Waals surface area contributed by atoms with Gasteiger partial charge >= 0.3 is 0 Å². The third kappa shape index (κ3) is 2.87. The van der Waals surface area contributed by atoms with Crippen molar-refractivity contribution in [3.05, 3.63) is 115 Å². The van der Waals surface area contributed by atoms with Crippen molar-refractivity contribution >= 4 is 39.1 Å². The highest BCUT2D eigenvalue weighted by Gasteiger charge is 2.35. The second-order valence-corrected chi connectivity index (χ2v) is 8.27. The standard InChI is InChI=1S/C29H24N2/c1-30(22-12-3-2-4-13-22)23-18-19-29-26(20-23)25-15-7-8-16-28(25)31(29)27-17-9-11-21-10-5-6-14-24(21)27/h2-15,17-20,28H,16H2,1H3. The minimum Gasteiger partial charge on any atom is -0.345 e. The molecule has 0 bridgehead atoms. The van der Waals surface area contributed by atoms with Crippen LogP contribution < -0.4 is 9.80 Å². The number of hydrogen-bond acceptors (Lipinski definition) is 2. The molecule has 0 saturated carbocycles. The van der Waals surface area contributed by atoms with Gasteiger partial charge in [0.05, 0.1) is 6.04 Å². The van der Waals surface area contributed by atoms with Crippen LogP contribution in [-0.4, -0.2) is 13.1 Å². The highest BCUT2D eigenvalue weighted by atomic mass is 15.2. The Hall–Kier alpha value is -3.78. The molecule has 0 amide bonds. The van der Waals surface area contributed by atoms with E-state index in [0.717, 1.165) is 6.42 Å². The molecule has 0 radical (unpaired) electrons. The molecule has 1 aliphatic carbocycles. The van der Waals surface area contributed by atoms with Crippen LogP contribution in [0.2, 0.25) is 0 Å². The van der Waals surface area contributed by atoms with Gasteiger partial charge in [0.15, 0.2) is 0 Å². The average molecular weight is 401 g/mol. The lowest BCUT2D eigenvalue weighted by atomic mass is 9.95. The molecule has 2 heteroatoms. The monoisotopic (exact) mass is 400 g/mol. The van der Waals surface area contributed by atoms with Gasteiger partial charge in [-0.1, -0.05) is 72.8 Å². The molecule has 31 heavy (non-hydrogen) atoms. The Kier molecular flexibility index (Phi) is 4.17. The van der Waals surface area contributed by atoms with Crippen molar-refractivity contribution in [3.63, 3.8) is 0 Å². The Labute approximate surface area is 183 Å². The quantitative estimate of drug-likeness (QED) is 0.352. The first-order chi connectivity index (χ1) is 15.3. The molecule has 0 fully saturated rings. The summed E-state index contributed by atoms with van der Waals surface area (Å²) in [6.07, 6.45) is 7.81. The highest BCUT2D eigenvalue weighted by Crippen LogP contribution is 2.50. The Bertz CT molecular complexity index is 1330. The van der Waals surface area contributed by atoms with E-state index in [9.17, 15) is 0 Å². The number of rotatable bonds is 3. The largest absolute Gasteiger partial charge is 0.345 e. The van der Waals surface area contributed by atoms with Crippen LogP contribution in [0, 0.1) is 0 Å². The lowest BCUT2D eigenvalue weighted by molar-refractivity contribution is 0.832. The molecular weight excluding hydrogens is 376 g/mol. The molecule has 6 rings (SSSR count). The van der Waals surface area contributed by atoms with Gasteiger partial charge in [-0.2, -0.15) is 0 Å². The summed E-state index contributed by atoms with van der Waals surface area (Å²) in [7, 11) is 2.14. The van der Waals surface area contributed by atoms with Crippen LogP contribution >= 0.6 is 0 Å². The van der Waals surface area contributed by atoms with Gasteiger partial charge in [-0.3, -0.25) is 0 Å². The molecule has 150 valence electrons. The zero-order chi connectivity index (χ0) is 20.8. The molecule has 4 aromatic rings. The van der Waals surface area contributed by atoms with Gasteiger partial charge in [0.2, 0.25) is 0 Å². The molecule has 2 aliphatic rings. The first-order valence-corrected chi connectivity index (χ1v) is 10.9. The van der Waals surface area contributed by atoms with Crippen molar-refractivity contribution in [1.82, 2.24) is 0 Å². The maximum atomic E-state index is 2.54. The highest BCUT2D eigenvalue weighted by molar-refractivity contribution is 6.02. The summed E-state index contributed by atoms with van der Waals surface area (Å²) in [5.74, 6) is 0. The topological polar surface area (TPSA) is 6.48 Å². The SMILES string of the molecule is CN(c1ccccc1)c1ccc2c(c1)C1=CC=CCC1N2c1cccc2ccccc12. The molecule has 1 atom stereocenters. The van der Waals surface area contributed by atoms with E-state index in [0.29, 0.717) is 6.04 Å². The molecule has 0 spiro atoms. The maximum absolute atomic E-state index is 2.54. The number of anilines is 4. The maximum Gasteiger partial charge on any atom is 0.0633 e. The van der Waals surface area contributed by atoms with Crippen LogP contribution in [0.25, 0.3) is 16.3 Å². The minimum absolute atomic E-state index is 0.336. The third-order valence-corrected chi connectivity index (χ3v) is 6.55. The summed E-state index contributed by atoms with van der Waals surface area (Å²) < 4.78 is 0. The minimum atomic E-state index is 0.336. The van der Waals surface area contributed by atoms with Gasteiger partial charge in [0.1, 0.15) is 0 Å². The van der Waals surface area contributed by atoms with Crippen molar-refractivity contribution in [3.8, 4) is 0 Å². The van der Waals surface area contributed by atoms with Crippen molar-refractivity contribution in [1.29, 1.82) is 0 Å². The second kappa shape index (κ2) is 7.17. The first kappa shape index (κ1) is 18.0. The molecule has 1 heterocycles. The van der Waals surface area contributed by atoms with E-state index in [-0.39, 0.29) is 0 Å². The number of para-hydroxylation sites is 1. The summed E-state index contributed by atoms with van der Waals surface area (Å²) in [4.78, 5) is 4.80. The summed E-state index contributed by atoms with van der Waals surface area (Å²) >= 11 is 0. The zero-order valence-corrected chi connectivity index (χ0v) is 17.6. The van der Waals surface area contributed by atoms with Gasteiger partial charge in [-0.15, -0.1) is 0 Å². The van der Waals surface area contributed by atoms with E-state index in [4.69, 9.17) is 0 Å². The first-order valence-electron chi connectivity index (χ1n) is 10.9. The van der Waals surface area contributed by atoms with Gasteiger partial charge < -0.3 is 9.80 Å². The van der Waals surface area contributed by atoms with E-state index >= 15 is 0 Å². The summed E-state index contributed by atoms with van der Waals surface area (Å²) in [6, 6.07) is 33.1. The predicted molar refractivity (Wildman–Crippen MR) is 133 cm³/mol.